The Bertz CT molecular complexity index is 432. The van der Waals surface area contributed by atoms with Gasteiger partial charge in [-0.15, -0.1) is 0 Å². The Morgan fingerprint density at radius 2 is 1.80 bits per heavy atom. The van der Waals surface area contributed by atoms with E-state index in [-0.39, 0.29) is 12.5 Å². The molecule has 110 valence electrons. The number of ether oxygens (including phenoxy) is 1. The van der Waals surface area contributed by atoms with Crippen molar-refractivity contribution in [2.75, 3.05) is 6.54 Å². The van der Waals surface area contributed by atoms with Gasteiger partial charge >= 0.3 is 6.09 Å². The van der Waals surface area contributed by atoms with E-state index in [1.54, 1.807) is 6.92 Å². The summed E-state index contributed by atoms with van der Waals surface area (Å²) < 4.78 is 5.04. The fourth-order valence-corrected chi connectivity index (χ4v) is 1.46. The molecule has 5 heteroatoms. The lowest BCUT2D eigenvalue weighted by Gasteiger charge is -2.15. The highest BCUT2D eigenvalue weighted by atomic mass is 16.5. The van der Waals surface area contributed by atoms with Crippen LogP contribution in [0.3, 0.4) is 0 Å². The topological polar surface area (TPSA) is 67.4 Å². The first-order chi connectivity index (χ1) is 9.49. The highest BCUT2D eigenvalue weighted by Crippen LogP contribution is 2.00. The average Bonchev–Trinajstić information content (AvgIpc) is 2.43. The van der Waals surface area contributed by atoms with Gasteiger partial charge in [0, 0.05) is 6.54 Å². The van der Waals surface area contributed by atoms with E-state index in [1.807, 2.05) is 44.2 Å². The van der Waals surface area contributed by atoms with Crippen molar-refractivity contribution in [3.63, 3.8) is 0 Å². The summed E-state index contributed by atoms with van der Waals surface area (Å²) in [5.41, 5.74) is 0.902. The van der Waals surface area contributed by atoms with Crippen LogP contribution in [0.4, 0.5) is 4.79 Å². The van der Waals surface area contributed by atoms with E-state index >= 15 is 0 Å². The highest BCUT2D eigenvalue weighted by Gasteiger charge is 2.16. The molecule has 0 bridgehead atoms. The summed E-state index contributed by atoms with van der Waals surface area (Å²) in [5.74, 6) is 0.159. The molecule has 1 rings (SSSR count). The first-order valence-electron chi connectivity index (χ1n) is 6.74. The van der Waals surface area contributed by atoms with Crippen molar-refractivity contribution < 1.29 is 14.3 Å². The lowest BCUT2D eigenvalue weighted by Crippen LogP contribution is -2.45. The third-order valence-electron chi connectivity index (χ3n) is 2.62. The molecule has 0 aliphatic heterocycles. The molecule has 0 saturated heterocycles. The molecule has 0 heterocycles. The second kappa shape index (κ2) is 8.19. The lowest BCUT2D eigenvalue weighted by atomic mass is 10.2. The molecule has 20 heavy (non-hydrogen) atoms. The van der Waals surface area contributed by atoms with Crippen molar-refractivity contribution in [3.05, 3.63) is 35.9 Å². The molecule has 0 fully saturated rings. The number of carbonyl (C=O) groups is 2. The summed E-state index contributed by atoms with van der Waals surface area (Å²) in [6.45, 7) is 6.41. The number of carbonyl (C=O) groups excluding carboxylic acids is 2. The maximum Gasteiger partial charge on any atom is 0.408 e. The van der Waals surface area contributed by atoms with E-state index in [9.17, 15) is 9.59 Å². The van der Waals surface area contributed by atoms with Gasteiger partial charge in [-0.1, -0.05) is 44.2 Å². The maximum absolute atomic E-state index is 11.7. The average molecular weight is 278 g/mol. The fourth-order valence-electron chi connectivity index (χ4n) is 1.46. The Morgan fingerprint density at radius 3 is 2.40 bits per heavy atom. The molecule has 1 atom stereocenters. The van der Waals surface area contributed by atoms with E-state index in [0.717, 1.165) is 5.56 Å². The molecular weight excluding hydrogens is 256 g/mol. The van der Waals surface area contributed by atoms with Crippen molar-refractivity contribution in [2.24, 2.45) is 5.92 Å². The van der Waals surface area contributed by atoms with Gasteiger partial charge < -0.3 is 15.4 Å². The van der Waals surface area contributed by atoms with Gasteiger partial charge in [0.1, 0.15) is 12.6 Å². The maximum atomic E-state index is 11.7. The van der Waals surface area contributed by atoms with Gasteiger partial charge in [-0.2, -0.15) is 0 Å². The van der Waals surface area contributed by atoms with E-state index in [4.69, 9.17) is 4.74 Å². The predicted molar refractivity (Wildman–Crippen MR) is 77.1 cm³/mol. The quantitative estimate of drug-likeness (QED) is 0.837. The van der Waals surface area contributed by atoms with Crippen molar-refractivity contribution in [1.29, 1.82) is 0 Å². The molecule has 0 aliphatic carbocycles. The minimum Gasteiger partial charge on any atom is -0.445 e. The van der Waals surface area contributed by atoms with Crippen LogP contribution in [0.25, 0.3) is 0 Å². The Hall–Kier alpha value is -2.04. The van der Waals surface area contributed by atoms with Gasteiger partial charge in [0.25, 0.3) is 0 Å². The summed E-state index contributed by atoms with van der Waals surface area (Å²) in [7, 11) is 0. The first-order valence-corrected chi connectivity index (χ1v) is 6.74. The van der Waals surface area contributed by atoms with E-state index < -0.39 is 12.1 Å². The van der Waals surface area contributed by atoms with E-state index in [2.05, 4.69) is 10.6 Å². The molecule has 0 spiro atoms. The molecule has 2 N–H and O–H groups in total. The molecule has 1 aromatic rings. The van der Waals surface area contributed by atoms with Crippen molar-refractivity contribution in [3.8, 4) is 0 Å². The molecule has 0 unspecified atom stereocenters. The van der Waals surface area contributed by atoms with Crippen LogP contribution in [0.5, 0.6) is 0 Å². The van der Waals surface area contributed by atoms with Gasteiger partial charge in [0.05, 0.1) is 0 Å². The number of benzene rings is 1. The molecule has 0 aromatic heterocycles. The SMILES string of the molecule is CC(C)CNC(=O)[C@H](C)NC(=O)OCc1ccccc1. The van der Waals surface area contributed by atoms with Gasteiger partial charge in [-0.3, -0.25) is 4.79 Å². The van der Waals surface area contributed by atoms with Crippen LogP contribution in [0.2, 0.25) is 0 Å². The smallest absolute Gasteiger partial charge is 0.408 e. The molecular formula is C15H22N2O3. The Balaban J connectivity index is 2.29. The third kappa shape index (κ3) is 6.22. The van der Waals surface area contributed by atoms with Crippen LogP contribution in [0.1, 0.15) is 26.3 Å². The zero-order chi connectivity index (χ0) is 15.0. The molecule has 0 radical (unpaired) electrons. The standard InChI is InChI=1S/C15H22N2O3/c1-11(2)9-16-14(18)12(3)17-15(19)20-10-13-7-5-4-6-8-13/h4-8,11-12H,9-10H2,1-3H3,(H,16,18)(H,17,19)/t12-/m0/s1. The Labute approximate surface area is 119 Å². The molecule has 1 aromatic carbocycles. The van der Waals surface area contributed by atoms with Crippen LogP contribution < -0.4 is 10.6 Å². The van der Waals surface area contributed by atoms with Gasteiger partial charge in [0.15, 0.2) is 0 Å². The van der Waals surface area contributed by atoms with Crippen LogP contribution >= 0.6 is 0 Å². The summed E-state index contributed by atoms with van der Waals surface area (Å²) in [5, 5.41) is 5.25. The zero-order valence-corrected chi connectivity index (χ0v) is 12.2. The minimum atomic E-state index is -0.614. The second-order valence-electron chi connectivity index (χ2n) is 5.07. The predicted octanol–water partition coefficient (Wildman–Crippen LogP) is 2.07. The fraction of sp³-hybridized carbons (Fsp3) is 0.467. The summed E-state index contributed by atoms with van der Waals surface area (Å²) in [6.07, 6.45) is -0.596. The third-order valence-corrected chi connectivity index (χ3v) is 2.62. The lowest BCUT2D eigenvalue weighted by molar-refractivity contribution is -0.122. The largest absolute Gasteiger partial charge is 0.445 e. The molecule has 5 nitrogen and oxygen atoms in total. The number of rotatable bonds is 6. The minimum absolute atomic E-state index is 0.188. The molecule has 0 aliphatic rings. The van der Waals surface area contributed by atoms with E-state index in [0.29, 0.717) is 12.5 Å². The summed E-state index contributed by atoms with van der Waals surface area (Å²) >= 11 is 0. The molecule has 0 saturated carbocycles. The number of hydrogen-bond donors (Lipinski definition) is 2. The number of nitrogens with one attached hydrogen (secondary N) is 2. The van der Waals surface area contributed by atoms with Crippen molar-refractivity contribution in [1.82, 2.24) is 10.6 Å². The Morgan fingerprint density at radius 1 is 1.15 bits per heavy atom. The first kappa shape index (κ1) is 16.0. The van der Waals surface area contributed by atoms with Crippen LogP contribution in [0, 0.1) is 5.92 Å². The van der Waals surface area contributed by atoms with Crippen LogP contribution in [0.15, 0.2) is 30.3 Å². The van der Waals surface area contributed by atoms with E-state index in [1.165, 1.54) is 0 Å². The normalized spacial score (nSPS) is 11.8. The number of hydrogen-bond acceptors (Lipinski definition) is 3. The number of amides is 2. The van der Waals surface area contributed by atoms with Crippen molar-refractivity contribution in [2.45, 2.75) is 33.4 Å². The Kier molecular flexibility index (Phi) is 6.56. The van der Waals surface area contributed by atoms with Gasteiger partial charge in [-0.05, 0) is 18.4 Å². The summed E-state index contributed by atoms with van der Waals surface area (Å²) in [6, 6.07) is 8.76. The monoisotopic (exact) mass is 278 g/mol. The van der Waals surface area contributed by atoms with Crippen LogP contribution in [-0.2, 0) is 16.1 Å². The summed E-state index contributed by atoms with van der Waals surface area (Å²) in [4.78, 5) is 23.2. The zero-order valence-electron chi connectivity index (χ0n) is 12.2. The van der Waals surface area contributed by atoms with Crippen LogP contribution in [-0.4, -0.2) is 24.6 Å². The van der Waals surface area contributed by atoms with Gasteiger partial charge in [0.2, 0.25) is 5.91 Å². The van der Waals surface area contributed by atoms with Gasteiger partial charge in [-0.25, -0.2) is 4.79 Å². The second-order valence-corrected chi connectivity index (χ2v) is 5.07. The molecule has 2 amide bonds. The highest BCUT2D eigenvalue weighted by molar-refractivity contribution is 5.85. The van der Waals surface area contributed by atoms with Crippen molar-refractivity contribution >= 4 is 12.0 Å². The number of alkyl carbamates (subject to hydrolysis) is 1.